The third-order valence-electron chi connectivity index (χ3n) is 3.86. The number of carbonyl (C=O) groups excluding carboxylic acids is 2. The van der Waals surface area contributed by atoms with Crippen LogP contribution < -0.4 is 5.32 Å². The molecule has 1 aromatic heterocycles. The van der Waals surface area contributed by atoms with E-state index in [1.165, 1.54) is 25.3 Å². The van der Waals surface area contributed by atoms with E-state index >= 15 is 0 Å². The number of pyridine rings is 1. The van der Waals surface area contributed by atoms with Gasteiger partial charge in [-0.3, -0.25) is 4.79 Å². The van der Waals surface area contributed by atoms with Gasteiger partial charge in [0.15, 0.2) is 6.10 Å². The van der Waals surface area contributed by atoms with E-state index in [1.807, 2.05) is 30.3 Å². The number of ether oxygens (including phenoxy) is 1. The Bertz CT molecular complexity index is 1010. The average Bonchev–Trinajstić information content (AvgIpc) is 2.67. The fourth-order valence-corrected chi connectivity index (χ4v) is 3.08. The molecule has 0 saturated heterocycles. The summed E-state index contributed by atoms with van der Waals surface area (Å²) in [5.74, 6) is -4.15. The number of anilines is 1. The minimum Gasteiger partial charge on any atom is -0.449 e. The first kappa shape index (κ1) is 19.8. The molecule has 3 rings (SSSR count). The van der Waals surface area contributed by atoms with Gasteiger partial charge in [-0.1, -0.05) is 30.3 Å². The zero-order valence-corrected chi connectivity index (χ0v) is 15.6. The van der Waals surface area contributed by atoms with Crippen LogP contribution in [0.5, 0.6) is 0 Å². The van der Waals surface area contributed by atoms with E-state index in [9.17, 15) is 18.4 Å². The van der Waals surface area contributed by atoms with Crippen molar-refractivity contribution in [2.24, 2.45) is 0 Å². The molecule has 0 saturated carbocycles. The largest absolute Gasteiger partial charge is 0.449 e. The van der Waals surface area contributed by atoms with Crippen molar-refractivity contribution in [2.75, 3.05) is 5.32 Å². The standard InChI is InChI=1S/C20H16F2N2O3S/c1-12(27-19(26)16-7-4-10-23-18(16)28-20(21)22)17(25)24-15-9-8-13-5-2-3-6-14(13)11-15/h2-12,20H,1H3,(H,24,25)/t12-/m0/s1. The van der Waals surface area contributed by atoms with Gasteiger partial charge < -0.3 is 10.1 Å². The first-order valence-electron chi connectivity index (χ1n) is 8.34. The number of hydrogen-bond donors (Lipinski definition) is 1. The number of amides is 1. The van der Waals surface area contributed by atoms with E-state index in [-0.39, 0.29) is 22.4 Å². The number of rotatable bonds is 6. The van der Waals surface area contributed by atoms with Crippen molar-refractivity contribution < 1.29 is 23.1 Å². The molecule has 2 aromatic carbocycles. The maximum Gasteiger partial charge on any atom is 0.341 e. The van der Waals surface area contributed by atoms with Crippen molar-refractivity contribution in [3.8, 4) is 0 Å². The van der Waals surface area contributed by atoms with Gasteiger partial charge in [-0.05, 0) is 53.7 Å². The highest BCUT2D eigenvalue weighted by Gasteiger charge is 2.23. The molecule has 3 aromatic rings. The number of carbonyl (C=O) groups is 2. The van der Waals surface area contributed by atoms with Crippen LogP contribution >= 0.6 is 11.8 Å². The molecule has 1 amide bonds. The lowest BCUT2D eigenvalue weighted by molar-refractivity contribution is -0.123. The van der Waals surface area contributed by atoms with Crippen LogP contribution in [0.1, 0.15) is 17.3 Å². The summed E-state index contributed by atoms with van der Waals surface area (Å²) in [6.45, 7) is 1.41. The smallest absolute Gasteiger partial charge is 0.341 e. The highest BCUT2D eigenvalue weighted by atomic mass is 32.2. The quantitative estimate of drug-likeness (QED) is 0.477. The van der Waals surface area contributed by atoms with E-state index in [0.717, 1.165) is 10.8 Å². The minimum atomic E-state index is -2.73. The van der Waals surface area contributed by atoms with Crippen LogP contribution in [0.4, 0.5) is 14.5 Å². The molecule has 28 heavy (non-hydrogen) atoms. The van der Waals surface area contributed by atoms with Crippen LogP contribution in [0, 0.1) is 0 Å². The van der Waals surface area contributed by atoms with E-state index in [4.69, 9.17) is 4.74 Å². The van der Waals surface area contributed by atoms with Crippen LogP contribution in [0.3, 0.4) is 0 Å². The third-order valence-corrected chi connectivity index (χ3v) is 4.59. The Morgan fingerprint density at radius 2 is 1.82 bits per heavy atom. The van der Waals surface area contributed by atoms with Crippen molar-refractivity contribution in [1.29, 1.82) is 0 Å². The van der Waals surface area contributed by atoms with Crippen LogP contribution in [0.2, 0.25) is 0 Å². The topological polar surface area (TPSA) is 68.3 Å². The Balaban J connectivity index is 1.67. The molecule has 0 aliphatic heterocycles. The highest BCUT2D eigenvalue weighted by Crippen LogP contribution is 2.27. The van der Waals surface area contributed by atoms with Crippen LogP contribution in [-0.2, 0) is 9.53 Å². The zero-order chi connectivity index (χ0) is 20.1. The summed E-state index contributed by atoms with van der Waals surface area (Å²) < 4.78 is 30.4. The number of halogens is 2. The second-order valence-electron chi connectivity index (χ2n) is 5.83. The zero-order valence-electron chi connectivity index (χ0n) is 14.8. The Morgan fingerprint density at radius 3 is 2.57 bits per heavy atom. The highest BCUT2D eigenvalue weighted by molar-refractivity contribution is 7.99. The fraction of sp³-hybridized carbons (Fsp3) is 0.150. The van der Waals surface area contributed by atoms with Crippen molar-refractivity contribution >= 4 is 40.1 Å². The number of thioether (sulfide) groups is 1. The van der Waals surface area contributed by atoms with E-state index in [1.54, 1.807) is 12.1 Å². The van der Waals surface area contributed by atoms with Gasteiger partial charge >= 0.3 is 5.97 Å². The van der Waals surface area contributed by atoms with Gasteiger partial charge in [0.25, 0.3) is 11.7 Å². The summed E-state index contributed by atoms with van der Waals surface area (Å²) >= 11 is 0.147. The maximum atomic E-state index is 12.6. The summed E-state index contributed by atoms with van der Waals surface area (Å²) in [5, 5.41) is 4.51. The Kier molecular flexibility index (Phi) is 6.20. The molecule has 1 heterocycles. The summed E-state index contributed by atoms with van der Waals surface area (Å²) in [5.41, 5.74) is 0.445. The molecular formula is C20H16F2N2O3S. The van der Waals surface area contributed by atoms with Gasteiger partial charge in [-0.2, -0.15) is 8.78 Å². The number of nitrogens with zero attached hydrogens (tertiary/aromatic N) is 1. The number of nitrogens with one attached hydrogen (secondary N) is 1. The Labute approximate surface area is 164 Å². The van der Waals surface area contributed by atoms with E-state index < -0.39 is 23.7 Å². The average molecular weight is 402 g/mol. The molecular weight excluding hydrogens is 386 g/mol. The van der Waals surface area contributed by atoms with Gasteiger partial charge in [0.1, 0.15) is 5.03 Å². The lowest BCUT2D eigenvalue weighted by atomic mass is 10.1. The van der Waals surface area contributed by atoms with Crippen molar-refractivity contribution in [2.45, 2.75) is 23.8 Å². The molecule has 1 N–H and O–H groups in total. The van der Waals surface area contributed by atoms with Crippen LogP contribution in [-0.4, -0.2) is 28.7 Å². The number of fused-ring (bicyclic) bond motifs is 1. The van der Waals surface area contributed by atoms with Gasteiger partial charge in [0.2, 0.25) is 0 Å². The lowest BCUT2D eigenvalue weighted by Gasteiger charge is -2.15. The van der Waals surface area contributed by atoms with Gasteiger partial charge in [0, 0.05) is 11.9 Å². The monoisotopic (exact) mass is 402 g/mol. The predicted molar refractivity (Wildman–Crippen MR) is 104 cm³/mol. The number of hydrogen-bond acceptors (Lipinski definition) is 5. The molecule has 0 spiro atoms. The summed E-state index contributed by atoms with van der Waals surface area (Å²) in [6.07, 6.45) is 0.181. The number of esters is 1. The van der Waals surface area contributed by atoms with Crippen LogP contribution in [0.25, 0.3) is 10.8 Å². The molecule has 0 aliphatic rings. The Hall–Kier alpha value is -3.00. The first-order chi connectivity index (χ1) is 13.4. The second-order valence-corrected chi connectivity index (χ2v) is 6.81. The molecule has 0 bridgehead atoms. The Morgan fingerprint density at radius 1 is 1.07 bits per heavy atom. The fourth-order valence-electron chi connectivity index (χ4n) is 2.51. The van der Waals surface area contributed by atoms with E-state index in [0.29, 0.717) is 5.69 Å². The molecule has 5 nitrogen and oxygen atoms in total. The third kappa shape index (κ3) is 4.83. The van der Waals surface area contributed by atoms with Gasteiger partial charge in [0.05, 0.1) is 5.56 Å². The number of benzene rings is 2. The van der Waals surface area contributed by atoms with Gasteiger partial charge in [-0.25, -0.2) is 9.78 Å². The summed E-state index contributed by atoms with van der Waals surface area (Å²) in [6, 6.07) is 15.9. The SMILES string of the molecule is C[C@H](OC(=O)c1cccnc1SC(F)F)C(=O)Nc1ccc2ccccc2c1. The molecule has 0 radical (unpaired) electrons. The van der Waals surface area contributed by atoms with Crippen LogP contribution in [0.15, 0.2) is 65.8 Å². The van der Waals surface area contributed by atoms with Gasteiger partial charge in [-0.15, -0.1) is 0 Å². The molecule has 0 aliphatic carbocycles. The first-order valence-corrected chi connectivity index (χ1v) is 9.22. The summed E-state index contributed by atoms with van der Waals surface area (Å²) in [4.78, 5) is 28.4. The molecule has 0 unspecified atom stereocenters. The van der Waals surface area contributed by atoms with Crippen molar-refractivity contribution in [3.05, 3.63) is 66.4 Å². The summed E-state index contributed by atoms with van der Waals surface area (Å²) in [7, 11) is 0. The van der Waals surface area contributed by atoms with E-state index in [2.05, 4.69) is 10.3 Å². The minimum absolute atomic E-state index is 0.113. The molecule has 144 valence electrons. The number of aromatic nitrogens is 1. The molecule has 1 atom stereocenters. The second kappa shape index (κ2) is 8.79. The molecule has 0 fully saturated rings. The normalized spacial score (nSPS) is 12.0. The maximum absolute atomic E-state index is 12.6. The predicted octanol–water partition coefficient (Wildman–Crippen LogP) is 4.73. The number of alkyl halides is 2. The lowest BCUT2D eigenvalue weighted by Crippen LogP contribution is -2.30. The molecule has 8 heteroatoms. The van der Waals surface area contributed by atoms with Crippen molar-refractivity contribution in [1.82, 2.24) is 4.98 Å². The van der Waals surface area contributed by atoms with Crippen molar-refractivity contribution in [3.63, 3.8) is 0 Å².